The van der Waals surface area contributed by atoms with Gasteiger partial charge in [0, 0.05) is 11.7 Å². The molecule has 1 nitrogen and oxygen atoms in total. The van der Waals surface area contributed by atoms with Crippen LogP contribution in [-0.4, -0.2) is 0 Å². The van der Waals surface area contributed by atoms with Crippen LogP contribution in [0.15, 0.2) is 42.5 Å². The Morgan fingerprint density at radius 3 is 2.35 bits per heavy atom. The lowest BCUT2D eigenvalue weighted by molar-refractivity contribution is 0.614. The van der Waals surface area contributed by atoms with Crippen LogP contribution in [0.5, 0.6) is 0 Å². The highest BCUT2D eigenvalue weighted by Gasteiger charge is 2.11. The Labute approximate surface area is 120 Å². The van der Waals surface area contributed by atoms with Crippen molar-refractivity contribution in [2.45, 2.75) is 39.7 Å². The molecule has 2 heteroatoms. The fourth-order valence-electron chi connectivity index (χ4n) is 2.33. The van der Waals surface area contributed by atoms with Gasteiger partial charge in [-0.05, 0) is 48.6 Å². The summed E-state index contributed by atoms with van der Waals surface area (Å²) in [4.78, 5) is 0. The molecule has 106 valence electrons. The number of halogens is 1. The highest BCUT2D eigenvalue weighted by molar-refractivity contribution is 5.54. The summed E-state index contributed by atoms with van der Waals surface area (Å²) in [5, 5.41) is 3.49. The fourth-order valence-corrected chi connectivity index (χ4v) is 2.33. The third-order valence-electron chi connectivity index (χ3n) is 3.65. The minimum absolute atomic E-state index is 0.0741. The molecule has 0 heterocycles. The first kappa shape index (κ1) is 14.6. The zero-order chi connectivity index (χ0) is 14.7. The van der Waals surface area contributed by atoms with E-state index in [9.17, 15) is 4.39 Å². The van der Waals surface area contributed by atoms with E-state index in [4.69, 9.17) is 0 Å². The van der Waals surface area contributed by atoms with Gasteiger partial charge in [0.1, 0.15) is 5.82 Å². The first-order valence-corrected chi connectivity index (χ1v) is 7.10. The molecule has 2 aromatic rings. The Bertz CT molecular complexity index is 590. The van der Waals surface area contributed by atoms with Crippen LogP contribution in [0.3, 0.4) is 0 Å². The van der Waals surface area contributed by atoms with Crippen molar-refractivity contribution in [1.29, 1.82) is 0 Å². The topological polar surface area (TPSA) is 12.0 Å². The van der Waals surface area contributed by atoms with Crippen molar-refractivity contribution < 1.29 is 4.39 Å². The molecule has 0 aliphatic heterocycles. The Morgan fingerprint density at radius 1 is 1.00 bits per heavy atom. The molecule has 0 saturated heterocycles. The molecule has 2 rings (SSSR count). The summed E-state index contributed by atoms with van der Waals surface area (Å²) < 4.78 is 13.7. The molecule has 0 spiro atoms. The second-order valence-electron chi connectivity index (χ2n) is 5.62. The van der Waals surface area contributed by atoms with Crippen LogP contribution in [0.2, 0.25) is 0 Å². The van der Waals surface area contributed by atoms with Crippen molar-refractivity contribution in [3.05, 3.63) is 65.0 Å². The van der Waals surface area contributed by atoms with Crippen LogP contribution in [0.4, 0.5) is 10.1 Å². The number of para-hydroxylation sites is 1. The lowest BCUT2D eigenvalue weighted by Gasteiger charge is -2.20. The number of nitrogens with one attached hydrogen (secondary N) is 1. The molecule has 2 aromatic carbocycles. The highest BCUT2D eigenvalue weighted by atomic mass is 19.1. The van der Waals surface area contributed by atoms with Crippen LogP contribution in [0.1, 0.15) is 49.4 Å². The van der Waals surface area contributed by atoms with Crippen molar-refractivity contribution in [3.8, 4) is 0 Å². The monoisotopic (exact) mass is 271 g/mol. The first-order valence-electron chi connectivity index (χ1n) is 7.10. The molecule has 1 atom stereocenters. The molecule has 0 saturated carbocycles. The molecule has 0 amide bonds. The molecule has 20 heavy (non-hydrogen) atoms. The Balaban J connectivity index is 2.23. The normalized spacial score (nSPS) is 12.5. The lowest BCUT2D eigenvalue weighted by atomic mass is 9.99. The smallest absolute Gasteiger partial charge is 0.126 e. The van der Waals surface area contributed by atoms with Gasteiger partial charge in [0.05, 0.1) is 0 Å². The summed E-state index contributed by atoms with van der Waals surface area (Å²) in [5.41, 5.74) is 4.05. The van der Waals surface area contributed by atoms with Gasteiger partial charge in [0.15, 0.2) is 0 Å². The third kappa shape index (κ3) is 3.19. The van der Waals surface area contributed by atoms with Gasteiger partial charge in [0.25, 0.3) is 0 Å². The standard InChI is InChI=1S/C18H22FN/c1-12(2)16-7-5-6-8-18(16)20-14(4)15-10-9-13(3)17(19)11-15/h5-12,14,20H,1-4H3. The van der Waals surface area contributed by atoms with Gasteiger partial charge in [0.2, 0.25) is 0 Å². The van der Waals surface area contributed by atoms with Gasteiger partial charge < -0.3 is 5.32 Å². The average Bonchev–Trinajstić information content (AvgIpc) is 2.42. The van der Waals surface area contributed by atoms with Gasteiger partial charge in [-0.1, -0.05) is 44.2 Å². The fraction of sp³-hybridized carbons (Fsp3) is 0.333. The zero-order valence-corrected chi connectivity index (χ0v) is 12.6. The molecule has 0 fully saturated rings. The number of aryl methyl sites for hydroxylation is 1. The minimum atomic E-state index is -0.145. The molecule has 1 unspecified atom stereocenters. The SMILES string of the molecule is Cc1ccc(C(C)Nc2ccccc2C(C)C)cc1F. The van der Waals surface area contributed by atoms with E-state index >= 15 is 0 Å². The van der Waals surface area contributed by atoms with Crippen molar-refractivity contribution in [1.82, 2.24) is 0 Å². The Hall–Kier alpha value is -1.83. The van der Waals surface area contributed by atoms with E-state index in [0.717, 1.165) is 11.3 Å². The number of rotatable bonds is 4. The van der Waals surface area contributed by atoms with E-state index in [1.165, 1.54) is 5.56 Å². The van der Waals surface area contributed by atoms with Crippen molar-refractivity contribution >= 4 is 5.69 Å². The van der Waals surface area contributed by atoms with Crippen LogP contribution in [0, 0.1) is 12.7 Å². The number of anilines is 1. The van der Waals surface area contributed by atoms with Gasteiger partial charge in [-0.2, -0.15) is 0 Å². The number of hydrogen-bond donors (Lipinski definition) is 1. The number of benzene rings is 2. The first-order chi connectivity index (χ1) is 9.49. The van der Waals surface area contributed by atoms with Crippen LogP contribution in [0.25, 0.3) is 0 Å². The van der Waals surface area contributed by atoms with E-state index in [-0.39, 0.29) is 11.9 Å². The summed E-state index contributed by atoms with van der Waals surface area (Å²) in [6, 6.07) is 13.8. The minimum Gasteiger partial charge on any atom is -0.378 e. The Morgan fingerprint density at radius 2 is 1.70 bits per heavy atom. The summed E-state index contributed by atoms with van der Waals surface area (Å²) in [6.07, 6.45) is 0. The maximum absolute atomic E-state index is 13.7. The molecule has 1 N–H and O–H groups in total. The van der Waals surface area contributed by atoms with Gasteiger partial charge in [-0.15, -0.1) is 0 Å². The Kier molecular flexibility index (Phi) is 4.43. The van der Waals surface area contributed by atoms with Crippen LogP contribution in [-0.2, 0) is 0 Å². The summed E-state index contributed by atoms with van der Waals surface area (Å²) in [5.74, 6) is 0.314. The van der Waals surface area contributed by atoms with Gasteiger partial charge >= 0.3 is 0 Å². The van der Waals surface area contributed by atoms with E-state index < -0.39 is 0 Å². The summed E-state index contributed by atoms with van der Waals surface area (Å²) >= 11 is 0. The largest absolute Gasteiger partial charge is 0.378 e. The predicted octanol–water partition coefficient (Wildman–Crippen LogP) is 5.43. The second-order valence-corrected chi connectivity index (χ2v) is 5.62. The average molecular weight is 271 g/mol. The van der Waals surface area contributed by atoms with E-state index in [2.05, 4.69) is 44.3 Å². The van der Waals surface area contributed by atoms with Crippen molar-refractivity contribution in [2.75, 3.05) is 5.32 Å². The third-order valence-corrected chi connectivity index (χ3v) is 3.65. The summed E-state index contributed by atoms with van der Waals surface area (Å²) in [7, 11) is 0. The van der Waals surface area contributed by atoms with Crippen LogP contribution < -0.4 is 5.32 Å². The van der Waals surface area contributed by atoms with Crippen molar-refractivity contribution in [3.63, 3.8) is 0 Å². The molecule has 0 aliphatic carbocycles. The van der Waals surface area contributed by atoms with Crippen molar-refractivity contribution in [2.24, 2.45) is 0 Å². The predicted molar refractivity (Wildman–Crippen MR) is 83.7 cm³/mol. The second kappa shape index (κ2) is 6.08. The summed E-state index contributed by atoms with van der Waals surface area (Å²) in [6.45, 7) is 8.19. The molecule has 0 bridgehead atoms. The van der Waals surface area contributed by atoms with E-state index in [1.807, 2.05) is 18.2 Å². The number of hydrogen-bond acceptors (Lipinski definition) is 1. The maximum Gasteiger partial charge on any atom is 0.126 e. The van der Waals surface area contributed by atoms with Crippen LogP contribution >= 0.6 is 0 Å². The van der Waals surface area contributed by atoms with E-state index in [0.29, 0.717) is 11.5 Å². The van der Waals surface area contributed by atoms with Gasteiger partial charge in [-0.3, -0.25) is 0 Å². The quantitative estimate of drug-likeness (QED) is 0.781. The zero-order valence-electron chi connectivity index (χ0n) is 12.6. The maximum atomic E-state index is 13.7. The molecular formula is C18H22FN. The molecule has 0 aromatic heterocycles. The van der Waals surface area contributed by atoms with Gasteiger partial charge in [-0.25, -0.2) is 4.39 Å². The molecule has 0 radical (unpaired) electrons. The highest BCUT2D eigenvalue weighted by Crippen LogP contribution is 2.27. The van der Waals surface area contributed by atoms with E-state index in [1.54, 1.807) is 13.0 Å². The molecular weight excluding hydrogens is 249 g/mol. The molecule has 0 aliphatic rings. The lowest BCUT2D eigenvalue weighted by Crippen LogP contribution is -2.09.